The number of aromatic nitrogens is 5. The number of terminal acetylenes is 1. The normalized spacial score (nSPS) is 12.3. The number of alkyl halides is 3. The van der Waals surface area contributed by atoms with Crippen LogP contribution < -0.4 is 0 Å². The van der Waals surface area contributed by atoms with Gasteiger partial charge in [-0.15, -0.1) is 6.42 Å². The zero-order chi connectivity index (χ0) is 22.4. The largest absolute Gasteiger partial charge is 0.434 e. The van der Waals surface area contributed by atoms with Crippen molar-refractivity contribution >= 4 is 5.65 Å². The van der Waals surface area contributed by atoms with E-state index in [9.17, 15) is 13.2 Å². The van der Waals surface area contributed by atoms with Crippen molar-refractivity contribution in [2.75, 3.05) is 0 Å². The minimum atomic E-state index is -4.51. The van der Waals surface area contributed by atoms with Crippen LogP contribution in [0.1, 0.15) is 32.2 Å². The fourth-order valence-corrected chi connectivity index (χ4v) is 3.33. The molecule has 0 aliphatic rings. The molecule has 0 unspecified atom stereocenters. The van der Waals surface area contributed by atoms with Crippen molar-refractivity contribution in [3.05, 3.63) is 60.4 Å². The molecule has 4 aromatic rings. The van der Waals surface area contributed by atoms with Gasteiger partial charge in [-0.1, -0.05) is 26.7 Å². The van der Waals surface area contributed by atoms with Gasteiger partial charge in [0, 0.05) is 41.8 Å². The van der Waals surface area contributed by atoms with Gasteiger partial charge in [-0.25, -0.2) is 9.97 Å². The molecule has 0 N–H and O–H groups in total. The molecule has 0 radical (unpaired) electrons. The van der Waals surface area contributed by atoms with Gasteiger partial charge in [0.2, 0.25) is 0 Å². The Morgan fingerprint density at radius 2 is 1.81 bits per heavy atom. The number of hydrogen-bond acceptors (Lipinski definition) is 3. The Morgan fingerprint density at radius 1 is 1.03 bits per heavy atom. The third kappa shape index (κ3) is 4.31. The van der Waals surface area contributed by atoms with Gasteiger partial charge in [-0.2, -0.15) is 18.3 Å². The van der Waals surface area contributed by atoms with Crippen molar-refractivity contribution in [2.45, 2.75) is 33.5 Å². The molecule has 0 aliphatic carbocycles. The average molecular weight is 423 g/mol. The monoisotopic (exact) mass is 423 g/mol. The summed E-state index contributed by atoms with van der Waals surface area (Å²) in [5, 5.41) is 4.44. The fraction of sp³-hybridized carbons (Fsp3) is 0.261. The molecule has 5 nitrogen and oxygen atoms in total. The van der Waals surface area contributed by atoms with Crippen molar-refractivity contribution in [3.8, 4) is 34.7 Å². The lowest BCUT2D eigenvalue weighted by molar-refractivity contribution is -0.140. The van der Waals surface area contributed by atoms with E-state index in [1.165, 1.54) is 10.6 Å². The smallest absolute Gasteiger partial charge is 0.306 e. The minimum absolute atomic E-state index is 0.0552. The van der Waals surface area contributed by atoms with Gasteiger partial charge in [0.25, 0.3) is 0 Å². The van der Waals surface area contributed by atoms with E-state index in [2.05, 4.69) is 41.8 Å². The average Bonchev–Trinajstić information content (AvgIpc) is 3.32. The van der Waals surface area contributed by atoms with E-state index in [4.69, 9.17) is 6.42 Å². The lowest BCUT2D eigenvalue weighted by atomic mass is 9.97. The highest BCUT2D eigenvalue weighted by atomic mass is 19.4. The second-order valence-electron chi connectivity index (χ2n) is 8.53. The maximum atomic E-state index is 13.0. The Morgan fingerprint density at radius 3 is 2.48 bits per heavy atom. The minimum Gasteiger partial charge on any atom is -0.306 e. The van der Waals surface area contributed by atoms with Gasteiger partial charge in [-0.3, -0.25) is 4.68 Å². The quantitative estimate of drug-likeness (QED) is 0.420. The predicted octanol–water partition coefficient (Wildman–Crippen LogP) is 5.31. The third-order valence-corrected chi connectivity index (χ3v) is 4.65. The molecule has 0 aliphatic heterocycles. The zero-order valence-electron chi connectivity index (χ0n) is 17.3. The van der Waals surface area contributed by atoms with E-state index in [-0.39, 0.29) is 11.1 Å². The number of rotatable bonds is 3. The summed E-state index contributed by atoms with van der Waals surface area (Å²) >= 11 is 0. The molecule has 0 saturated carbocycles. The summed E-state index contributed by atoms with van der Waals surface area (Å²) < 4.78 is 42.3. The maximum absolute atomic E-state index is 13.0. The number of halogens is 3. The number of hydrogen-bond donors (Lipinski definition) is 0. The van der Waals surface area contributed by atoms with Gasteiger partial charge in [0.15, 0.2) is 5.69 Å². The highest BCUT2D eigenvalue weighted by molar-refractivity contribution is 5.81. The first-order valence-corrected chi connectivity index (χ1v) is 9.60. The molecular weight excluding hydrogens is 403 g/mol. The van der Waals surface area contributed by atoms with Crippen LogP contribution in [-0.2, 0) is 12.7 Å². The van der Waals surface area contributed by atoms with Gasteiger partial charge < -0.3 is 4.40 Å². The summed E-state index contributed by atoms with van der Waals surface area (Å²) in [6.07, 6.45) is 7.18. The van der Waals surface area contributed by atoms with E-state index < -0.39 is 11.9 Å². The SMILES string of the molecule is C#Cc1ccc(-c2cnn(CC(C)(C)C)c2)c(-c2ccn3cc(C(F)(F)F)nc3c2)n1. The summed E-state index contributed by atoms with van der Waals surface area (Å²) in [4.78, 5) is 8.26. The molecule has 0 fully saturated rings. The summed E-state index contributed by atoms with van der Waals surface area (Å²) in [6.45, 7) is 7.10. The number of nitrogens with zero attached hydrogens (tertiary/aromatic N) is 5. The molecule has 0 spiro atoms. The van der Waals surface area contributed by atoms with E-state index in [1.54, 1.807) is 24.4 Å². The summed E-state index contributed by atoms with van der Waals surface area (Å²) in [6, 6.07) is 6.85. The molecular formula is C23H20F3N5. The topological polar surface area (TPSA) is 48.0 Å². The molecule has 0 bridgehead atoms. The first kappa shape index (κ1) is 20.7. The number of pyridine rings is 2. The molecule has 0 atom stereocenters. The van der Waals surface area contributed by atoms with Crippen LogP contribution in [-0.4, -0.2) is 24.1 Å². The number of imidazole rings is 1. The predicted molar refractivity (Wildman–Crippen MR) is 112 cm³/mol. The third-order valence-electron chi connectivity index (χ3n) is 4.65. The maximum Gasteiger partial charge on any atom is 0.434 e. The van der Waals surface area contributed by atoms with Crippen LogP contribution in [0.4, 0.5) is 13.2 Å². The molecule has 0 saturated heterocycles. The number of fused-ring (bicyclic) bond motifs is 1. The molecule has 8 heteroatoms. The molecule has 4 aromatic heterocycles. The van der Waals surface area contributed by atoms with Crippen LogP contribution in [0.15, 0.2) is 49.1 Å². The summed E-state index contributed by atoms with van der Waals surface area (Å²) in [7, 11) is 0. The van der Waals surface area contributed by atoms with Crippen molar-refractivity contribution in [2.24, 2.45) is 5.41 Å². The van der Waals surface area contributed by atoms with Crippen LogP contribution in [0.3, 0.4) is 0 Å². The van der Waals surface area contributed by atoms with Gasteiger partial charge in [0.1, 0.15) is 11.3 Å². The Bertz CT molecular complexity index is 1300. The highest BCUT2D eigenvalue weighted by Gasteiger charge is 2.34. The van der Waals surface area contributed by atoms with Gasteiger partial charge in [0.05, 0.1) is 11.9 Å². The standard InChI is InChI=1S/C23H20F3N5/c1-5-17-6-7-18(16-11-27-31(12-16)14-22(2,3)4)21(28-17)15-8-9-30-13-19(23(24,25)26)29-20(30)10-15/h1,6-13H,14H2,2-4H3. The molecule has 4 heterocycles. The van der Waals surface area contributed by atoms with Crippen LogP contribution >= 0.6 is 0 Å². The Labute approximate surface area is 177 Å². The first-order valence-electron chi connectivity index (χ1n) is 9.60. The fourth-order valence-electron chi connectivity index (χ4n) is 3.33. The van der Waals surface area contributed by atoms with Crippen LogP contribution in [0, 0.1) is 17.8 Å². The van der Waals surface area contributed by atoms with Crippen LogP contribution in [0.2, 0.25) is 0 Å². The summed E-state index contributed by atoms with van der Waals surface area (Å²) in [5.74, 6) is 2.51. The lowest BCUT2D eigenvalue weighted by Gasteiger charge is -2.17. The first-order chi connectivity index (χ1) is 14.5. The van der Waals surface area contributed by atoms with Crippen molar-refractivity contribution < 1.29 is 13.2 Å². The Kier molecular flexibility index (Phi) is 4.85. The second-order valence-corrected chi connectivity index (χ2v) is 8.53. The van der Waals surface area contributed by atoms with Crippen molar-refractivity contribution in [1.82, 2.24) is 24.1 Å². The second kappa shape index (κ2) is 7.27. The van der Waals surface area contributed by atoms with Gasteiger partial charge >= 0.3 is 6.18 Å². The Hall–Kier alpha value is -3.60. The molecule has 0 aromatic carbocycles. The van der Waals surface area contributed by atoms with Crippen LogP contribution in [0.25, 0.3) is 28.0 Å². The van der Waals surface area contributed by atoms with E-state index in [1.807, 2.05) is 16.9 Å². The van der Waals surface area contributed by atoms with Crippen molar-refractivity contribution in [1.29, 1.82) is 0 Å². The van der Waals surface area contributed by atoms with Crippen LogP contribution in [0.5, 0.6) is 0 Å². The molecule has 4 rings (SSSR count). The van der Waals surface area contributed by atoms with Crippen molar-refractivity contribution in [3.63, 3.8) is 0 Å². The zero-order valence-corrected chi connectivity index (χ0v) is 17.3. The van der Waals surface area contributed by atoms with Gasteiger partial charge in [-0.05, 0) is 29.7 Å². The van der Waals surface area contributed by atoms with E-state index in [0.29, 0.717) is 17.0 Å². The van der Waals surface area contributed by atoms with E-state index >= 15 is 0 Å². The molecule has 31 heavy (non-hydrogen) atoms. The Balaban J connectivity index is 1.82. The molecule has 158 valence electrons. The summed E-state index contributed by atoms with van der Waals surface area (Å²) in [5.41, 5.74) is 2.51. The highest BCUT2D eigenvalue weighted by Crippen LogP contribution is 2.33. The van der Waals surface area contributed by atoms with E-state index in [0.717, 1.165) is 23.9 Å². The molecule has 0 amide bonds. The lowest BCUT2D eigenvalue weighted by Crippen LogP contribution is -2.15.